The fourth-order valence-corrected chi connectivity index (χ4v) is 4.12. The van der Waals surface area contributed by atoms with Gasteiger partial charge in [-0.2, -0.15) is 0 Å². The second-order valence-electron chi connectivity index (χ2n) is 6.76. The number of hydrogen-bond acceptors (Lipinski definition) is 4. The van der Waals surface area contributed by atoms with Crippen molar-refractivity contribution < 1.29 is 9.72 Å². The lowest BCUT2D eigenvalue weighted by Crippen LogP contribution is -2.30. The van der Waals surface area contributed by atoms with Crippen LogP contribution in [0.1, 0.15) is 17.3 Å². The molecule has 1 N–H and O–H groups in total. The summed E-state index contributed by atoms with van der Waals surface area (Å²) in [5, 5.41) is 14.9. The molecule has 6 nitrogen and oxygen atoms in total. The highest BCUT2D eigenvalue weighted by Crippen LogP contribution is 2.43. The molecule has 1 aliphatic rings. The fourth-order valence-electron chi connectivity index (χ4n) is 3.34. The highest BCUT2D eigenvalue weighted by molar-refractivity contribution is 6.40. The Morgan fingerprint density at radius 3 is 2.16 bits per heavy atom. The third-order valence-corrected chi connectivity index (χ3v) is 5.58. The monoisotopic (exact) mass is 473 g/mol. The topological polar surface area (TPSA) is 75.5 Å². The van der Waals surface area contributed by atoms with E-state index in [-0.39, 0.29) is 27.3 Å². The van der Waals surface area contributed by atoms with Crippen molar-refractivity contribution in [3.63, 3.8) is 0 Å². The van der Waals surface area contributed by atoms with Gasteiger partial charge in [0.05, 0.1) is 20.7 Å². The number of non-ortho nitro benzene ring substituents is 1. The second-order valence-corrected chi connectivity index (χ2v) is 8.01. The van der Waals surface area contributed by atoms with Crippen LogP contribution in [0.4, 0.5) is 11.4 Å². The van der Waals surface area contributed by atoms with Crippen LogP contribution >= 0.6 is 34.8 Å². The molecule has 156 valence electrons. The van der Waals surface area contributed by atoms with E-state index < -0.39 is 11.1 Å². The van der Waals surface area contributed by atoms with Crippen LogP contribution in [0.2, 0.25) is 15.1 Å². The van der Waals surface area contributed by atoms with Crippen molar-refractivity contribution >= 4 is 58.2 Å². The number of nitro benzene ring substituents is 1. The first kappa shape index (κ1) is 21.2. The van der Waals surface area contributed by atoms with Crippen molar-refractivity contribution in [3.8, 4) is 0 Å². The summed E-state index contributed by atoms with van der Waals surface area (Å²) in [5.74, 6) is -0.374. The molecule has 1 atom stereocenters. The summed E-state index contributed by atoms with van der Waals surface area (Å²) in [7, 11) is 0. The molecule has 1 aliphatic heterocycles. The predicted molar refractivity (Wildman–Crippen MR) is 122 cm³/mol. The Kier molecular flexibility index (Phi) is 5.87. The minimum Gasteiger partial charge on any atom is -0.357 e. The molecule has 1 saturated heterocycles. The first-order valence-corrected chi connectivity index (χ1v) is 10.2. The third-order valence-electron chi connectivity index (χ3n) is 4.75. The Bertz CT molecular complexity index is 1170. The standard InChI is InChI=1S/C22H14Cl3N3O3/c23-15-8-6-13(7-9-15)10-19-22(29)27(21(26-19)14-4-2-1-3-5-14)20-17(24)11-16(28(30)31)12-18(20)25/h1-12,21,26H. The van der Waals surface area contributed by atoms with Crippen LogP contribution in [0.25, 0.3) is 6.08 Å². The SMILES string of the molecule is O=C1C(=Cc2ccc(Cl)cc2)NC(c2ccccc2)N1c1c(Cl)cc([N+](=O)[O-])cc1Cl. The van der Waals surface area contributed by atoms with Gasteiger partial charge in [0.25, 0.3) is 11.6 Å². The van der Waals surface area contributed by atoms with E-state index in [1.165, 1.54) is 17.0 Å². The molecule has 0 radical (unpaired) electrons. The summed E-state index contributed by atoms with van der Waals surface area (Å²) < 4.78 is 0. The lowest BCUT2D eigenvalue weighted by atomic mass is 10.1. The maximum Gasteiger partial charge on any atom is 0.276 e. The van der Waals surface area contributed by atoms with Crippen LogP contribution in [0.3, 0.4) is 0 Å². The summed E-state index contributed by atoms with van der Waals surface area (Å²) in [6.07, 6.45) is 1.09. The fraction of sp³-hybridized carbons (Fsp3) is 0.0455. The number of hydrogen-bond donors (Lipinski definition) is 1. The lowest BCUT2D eigenvalue weighted by Gasteiger charge is -2.25. The van der Waals surface area contributed by atoms with Crippen molar-refractivity contribution in [2.75, 3.05) is 4.90 Å². The van der Waals surface area contributed by atoms with Gasteiger partial charge in [0, 0.05) is 17.2 Å². The summed E-state index contributed by atoms with van der Waals surface area (Å²) in [6, 6.07) is 18.7. The molecule has 1 unspecified atom stereocenters. The molecular formula is C22H14Cl3N3O3. The van der Waals surface area contributed by atoms with E-state index in [1.54, 1.807) is 30.3 Å². The molecule has 1 heterocycles. The van der Waals surface area contributed by atoms with E-state index in [4.69, 9.17) is 34.8 Å². The van der Waals surface area contributed by atoms with Crippen LogP contribution in [-0.4, -0.2) is 10.8 Å². The summed E-state index contributed by atoms with van der Waals surface area (Å²) in [4.78, 5) is 25.4. The van der Waals surface area contributed by atoms with Gasteiger partial charge in [-0.25, -0.2) is 0 Å². The van der Waals surface area contributed by atoms with Crippen LogP contribution < -0.4 is 10.2 Å². The number of carbonyl (C=O) groups excluding carboxylic acids is 1. The minimum absolute atomic E-state index is 0.00280. The molecule has 0 aliphatic carbocycles. The number of nitrogens with one attached hydrogen (secondary N) is 1. The second kappa shape index (κ2) is 8.59. The summed E-state index contributed by atoms with van der Waals surface area (Å²) in [5.41, 5.74) is 1.82. The van der Waals surface area contributed by atoms with Gasteiger partial charge < -0.3 is 5.32 Å². The number of rotatable bonds is 4. The van der Waals surface area contributed by atoms with Gasteiger partial charge in [0.1, 0.15) is 11.9 Å². The zero-order valence-electron chi connectivity index (χ0n) is 15.8. The zero-order chi connectivity index (χ0) is 22.1. The first-order valence-electron chi connectivity index (χ1n) is 9.11. The number of benzene rings is 3. The molecule has 3 aromatic rings. The first-order chi connectivity index (χ1) is 14.8. The Balaban J connectivity index is 1.83. The molecule has 0 saturated carbocycles. The smallest absolute Gasteiger partial charge is 0.276 e. The van der Waals surface area contributed by atoms with Crippen LogP contribution in [-0.2, 0) is 4.79 Å². The lowest BCUT2D eigenvalue weighted by molar-refractivity contribution is -0.384. The van der Waals surface area contributed by atoms with E-state index in [0.29, 0.717) is 10.7 Å². The number of nitro groups is 1. The average Bonchev–Trinajstić information content (AvgIpc) is 3.06. The number of halogens is 3. The van der Waals surface area contributed by atoms with E-state index in [2.05, 4.69) is 5.32 Å². The normalized spacial score (nSPS) is 17.1. The van der Waals surface area contributed by atoms with Crippen molar-refractivity contribution in [2.24, 2.45) is 0 Å². The van der Waals surface area contributed by atoms with Gasteiger partial charge in [-0.15, -0.1) is 0 Å². The van der Waals surface area contributed by atoms with E-state index >= 15 is 0 Å². The van der Waals surface area contributed by atoms with Crippen LogP contribution in [0.5, 0.6) is 0 Å². The predicted octanol–water partition coefficient (Wildman–Crippen LogP) is 6.23. The third kappa shape index (κ3) is 4.23. The van der Waals surface area contributed by atoms with E-state index in [9.17, 15) is 14.9 Å². The number of anilines is 1. The zero-order valence-corrected chi connectivity index (χ0v) is 18.0. The maximum absolute atomic E-state index is 13.4. The highest BCUT2D eigenvalue weighted by atomic mass is 35.5. The molecular weight excluding hydrogens is 461 g/mol. The van der Waals surface area contributed by atoms with Gasteiger partial charge in [0.2, 0.25) is 0 Å². The molecule has 31 heavy (non-hydrogen) atoms. The van der Waals surface area contributed by atoms with Crippen LogP contribution in [0, 0.1) is 10.1 Å². The quantitative estimate of drug-likeness (QED) is 0.276. The van der Waals surface area contributed by atoms with Crippen LogP contribution in [0.15, 0.2) is 72.4 Å². The largest absolute Gasteiger partial charge is 0.357 e. The highest BCUT2D eigenvalue weighted by Gasteiger charge is 2.39. The van der Waals surface area contributed by atoms with Gasteiger partial charge in [-0.1, -0.05) is 77.3 Å². The van der Waals surface area contributed by atoms with Gasteiger partial charge in [-0.05, 0) is 29.3 Å². The Hall–Kier alpha value is -3.06. The maximum atomic E-state index is 13.4. The molecule has 0 bridgehead atoms. The molecule has 1 amide bonds. The van der Waals surface area contributed by atoms with Gasteiger partial charge >= 0.3 is 0 Å². The van der Waals surface area contributed by atoms with E-state index in [1.807, 2.05) is 30.3 Å². The van der Waals surface area contributed by atoms with Crippen molar-refractivity contribution in [2.45, 2.75) is 6.17 Å². The Morgan fingerprint density at radius 1 is 0.968 bits per heavy atom. The minimum atomic E-state index is -0.608. The number of nitrogens with zero attached hydrogens (tertiary/aromatic N) is 2. The number of carbonyl (C=O) groups is 1. The van der Waals surface area contributed by atoms with Gasteiger partial charge in [0.15, 0.2) is 0 Å². The Labute approximate surface area is 192 Å². The van der Waals surface area contributed by atoms with E-state index in [0.717, 1.165) is 11.1 Å². The summed E-state index contributed by atoms with van der Waals surface area (Å²) >= 11 is 18.7. The molecule has 0 aromatic heterocycles. The number of amides is 1. The van der Waals surface area contributed by atoms with Crippen molar-refractivity contribution in [3.05, 3.63) is 109 Å². The van der Waals surface area contributed by atoms with Crippen molar-refractivity contribution in [1.29, 1.82) is 0 Å². The molecule has 1 fully saturated rings. The molecule has 9 heteroatoms. The molecule has 0 spiro atoms. The molecule has 3 aromatic carbocycles. The van der Waals surface area contributed by atoms with Gasteiger partial charge in [-0.3, -0.25) is 19.8 Å². The Morgan fingerprint density at radius 2 is 1.58 bits per heavy atom. The van der Waals surface area contributed by atoms with Crippen molar-refractivity contribution in [1.82, 2.24) is 5.32 Å². The molecule has 4 rings (SSSR count). The summed E-state index contributed by atoms with van der Waals surface area (Å²) in [6.45, 7) is 0. The average molecular weight is 475 g/mol.